The highest BCUT2D eigenvalue weighted by atomic mass is 35.5. The van der Waals surface area contributed by atoms with E-state index in [1.54, 1.807) is 18.6 Å². The van der Waals surface area contributed by atoms with Crippen LogP contribution < -0.4 is 5.32 Å². The first-order chi connectivity index (χ1) is 8.79. The van der Waals surface area contributed by atoms with E-state index >= 15 is 0 Å². The summed E-state index contributed by atoms with van der Waals surface area (Å²) in [6, 6.07) is 3.84. The van der Waals surface area contributed by atoms with Crippen molar-refractivity contribution >= 4 is 29.3 Å². The molecule has 0 radical (unpaired) electrons. The molecule has 0 bridgehead atoms. The molecule has 0 saturated heterocycles. The number of nitrogens with zero attached hydrogens (tertiary/aromatic N) is 3. The van der Waals surface area contributed by atoms with Crippen molar-refractivity contribution < 1.29 is 0 Å². The van der Waals surface area contributed by atoms with Gasteiger partial charge < -0.3 is 5.32 Å². The van der Waals surface area contributed by atoms with Gasteiger partial charge in [0.2, 0.25) is 5.95 Å². The summed E-state index contributed by atoms with van der Waals surface area (Å²) in [5.41, 5.74) is 0. The Morgan fingerprint density at radius 1 is 1.33 bits per heavy atom. The number of nitrogens with one attached hydrogen (secondary N) is 1. The average Bonchev–Trinajstić information content (AvgIpc) is 2.41. The Kier molecular flexibility index (Phi) is 4.78. The molecule has 0 aliphatic rings. The van der Waals surface area contributed by atoms with E-state index in [1.165, 1.54) is 11.8 Å². The van der Waals surface area contributed by atoms with Crippen molar-refractivity contribution in [3.8, 4) is 0 Å². The molecule has 18 heavy (non-hydrogen) atoms. The van der Waals surface area contributed by atoms with Gasteiger partial charge >= 0.3 is 0 Å². The minimum atomic E-state index is 0.555. The average molecular weight is 281 g/mol. The molecule has 0 atom stereocenters. The molecule has 0 amide bonds. The SMILES string of the molecule is CCCNc1ncc(Cl)c(Sc2ccncc2)n1. The molecule has 94 valence electrons. The first-order valence-electron chi connectivity index (χ1n) is 5.64. The summed E-state index contributed by atoms with van der Waals surface area (Å²) in [7, 11) is 0. The topological polar surface area (TPSA) is 50.7 Å². The van der Waals surface area contributed by atoms with E-state index in [0.29, 0.717) is 11.0 Å². The fourth-order valence-corrected chi connectivity index (χ4v) is 2.23. The standard InChI is InChI=1S/C12H13ClN4S/c1-2-5-15-12-16-8-10(13)11(17-12)18-9-3-6-14-7-4-9/h3-4,6-8H,2,5H2,1H3,(H,15,16,17). The molecule has 6 heteroatoms. The summed E-state index contributed by atoms with van der Waals surface area (Å²) < 4.78 is 0. The zero-order chi connectivity index (χ0) is 12.8. The number of aromatic nitrogens is 3. The zero-order valence-corrected chi connectivity index (χ0v) is 11.5. The molecule has 1 N–H and O–H groups in total. The van der Waals surface area contributed by atoms with Crippen molar-refractivity contribution in [2.75, 3.05) is 11.9 Å². The smallest absolute Gasteiger partial charge is 0.223 e. The molecule has 0 aromatic carbocycles. The lowest BCUT2D eigenvalue weighted by Crippen LogP contribution is -2.04. The Hall–Kier alpha value is -1.33. The van der Waals surface area contributed by atoms with Crippen LogP contribution in [0.15, 0.2) is 40.6 Å². The normalized spacial score (nSPS) is 10.3. The lowest BCUT2D eigenvalue weighted by Gasteiger charge is -2.06. The summed E-state index contributed by atoms with van der Waals surface area (Å²) in [5.74, 6) is 0.609. The van der Waals surface area contributed by atoms with Crippen LogP contribution in [0, 0.1) is 0 Å². The minimum Gasteiger partial charge on any atom is -0.354 e. The summed E-state index contributed by atoms with van der Waals surface area (Å²) in [6.45, 7) is 2.94. The van der Waals surface area contributed by atoms with Crippen molar-refractivity contribution in [3.05, 3.63) is 35.7 Å². The maximum atomic E-state index is 6.09. The Morgan fingerprint density at radius 3 is 2.83 bits per heavy atom. The molecule has 2 rings (SSSR count). The third kappa shape index (κ3) is 3.58. The van der Waals surface area contributed by atoms with Gasteiger partial charge in [0.1, 0.15) is 5.03 Å². The van der Waals surface area contributed by atoms with E-state index in [4.69, 9.17) is 11.6 Å². The van der Waals surface area contributed by atoms with Gasteiger partial charge in [0.05, 0.1) is 11.2 Å². The number of pyridine rings is 1. The molecule has 2 aromatic rings. The fraction of sp³-hybridized carbons (Fsp3) is 0.250. The maximum Gasteiger partial charge on any atom is 0.223 e. The number of rotatable bonds is 5. The van der Waals surface area contributed by atoms with Crippen LogP contribution >= 0.6 is 23.4 Å². The Bertz CT molecular complexity index is 507. The van der Waals surface area contributed by atoms with Crippen LogP contribution in [0.2, 0.25) is 5.02 Å². The van der Waals surface area contributed by atoms with Crippen LogP contribution in [0.4, 0.5) is 5.95 Å². The van der Waals surface area contributed by atoms with Gasteiger partial charge in [0, 0.05) is 23.8 Å². The van der Waals surface area contributed by atoms with Crippen molar-refractivity contribution in [2.45, 2.75) is 23.3 Å². The lowest BCUT2D eigenvalue weighted by atomic mass is 10.5. The predicted octanol–water partition coefficient (Wildman–Crippen LogP) is 3.50. The van der Waals surface area contributed by atoms with Gasteiger partial charge in [-0.05, 0) is 18.6 Å². The third-order valence-corrected chi connectivity index (χ3v) is 3.51. The van der Waals surface area contributed by atoms with Gasteiger partial charge in [-0.1, -0.05) is 30.3 Å². The highest BCUT2D eigenvalue weighted by molar-refractivity contribution is 7.99. The second-order valence-corrected chi connectivity index (χ2v) is 5.03. The second-order valence-electron chi connectivity index (χ2n) is 3.56. The number of hydrogen-bond donors (Lipinski definition) is 1. The number of halogens is 1. The molecule has 0 spiro atoms. The number of hydrogen-bond acceptors (Lipinski definition) is 5. The van der Waals surface area contributed by atoms with Crippen molar-refractivity contribution in [1.29, 1.82) is 0 Å². The van der Waals surface area contributed by atoms with Crippen molar-refractivity contribution in [1.82, 2.24) is 15.0 Å². The second kappa shape index (κ2) is 6.56. The largest absolute Gasteiger partial charge is 0.354 e. The fourth-order valence-electron chi connectivity index (χ4n) is 1.26. The van der Waals surface area contributed by atoms with Gasteiger partial charge in [-0.15, -0.1) is 0 Å². The van der Waals surface area contributed by atoms with E-state index in [1.807, 2.05) is 12.1 Å². The molecule has 0 saturated carbocycles. The van der Waals surface area contributed by atoms with E-state index in [0.717, 1.165) is 22.9 Å². The maximum absolute atomic E-state index is 6.09. The monoisotopic (exact) mass is 280 g/mol. The van der Waals surface area contributed by atoms with Gasteiger partial charge in [-0.3, -0.25) is 4.98 Å². The van der Waals surface area contributed by atoms with Crippen molar-refractivity contribution in [2.24, 2.45) is 0 Å². The Labute approximate surface area is 115 Å². The van der Waals surface area contributed by atoms with Crippen LogP contribution in [-0.2, 0) is 0 Å². The molecule has 0 unspecified atom stereocenters. The van der Waals surface area contributed by atoms with Crippen LogP contribution in [0.1, 0.15) is 13.3 Å². The zero-order valence-electron chi connectivity index (χ0n) is 9.93. The van der Waals surface area contributed by atoms with Crippen LogP contribution in [0.25, 0.3) is 0 Å². The first kappa shape index (κ1) is 13.1. The van der Waals surface area contributed by atoms with Gasteiger partial charge in [-0.2, -0.15) is 0 Å². The van der Waals surface area contributed by atoms with Gasteiger partial charge in [0.15, 0.2) is 0 Å². The summed E-state index contributed by atoms with van der Waals surface area (Å²) in [6.07, 6.45) is 6.14. The molecule has 0 aliphatic carbocycles. The molecular weight excluding hydrogens is 268 g/mol. The van der Waals surface area contributed by atoms with Gasteiger partial charge in [0.25, 0.3) is 0 Å². The third-order valence-electron chi connectivity index (χ3n) is 2.11. The Morgan fingerprint density at radius 2 is 2.11 bits per heavy atom. The van der Waals surface area contributed by atoms with E-state index in [9.17, 15) is 0 Å². The van der Waals surface area contributed by atoms with Crippen LogP contribution in [0.3, 0.4) is 0 Å². The molecule has 4 nitrogen and oxygen atoms in total. The quantitative estimate of drug-likeness (QED) is 0.850. The van der Waals surface area contributed by atoms with E-state index in [-0.39, 0.29) is 0 Å². The van der Waals surface area contributed by atoms with Crippen molar-refractivity contribution in [3.63, 3.8) is 0 Å². The summed E-state index contributed by atoms with van der Waals surface area (Å²) in [4.78, 5) is 13.6. The predicted molar refractivity (Wildman–Crippen MR) is 74.2 cm³/mol. The number of anilines is 1. The summed E-state index contributed by atoms with van der Waals surface area (Å²) in [5, 5.41) is 4.44. The molecular formula is C12H13ClN4S. The molecule has 2 heterocycles. The molecule has 2 aromatic heterocycles. The highest BCUT2D eigenvalue weighted by Crippen LogP contribution is 2.31. The van der Waals surface area contributed by atoms with E-state index < -0.39 is 0 Å². The highest BCUT2D eigenvalue weighted by Gasteiger charge is 2.07. The van der Waals surface area contributed by atoms with Gasteiger partial charge in [-0.25, -0.2) is 9.97 Å². The summed E-state index contributed by atoms with van der Waals surface area (Å²) >= 11 is 7.59. The lowest BCUT2D eigenvalue weighted by molar-refractivity contribution is 0.935. The Balaban J connectivity index is 2.16. The van der Waals surface area contributed by atoms with E-state index in [2.05, 4.69) is 27.2 Å². The molecule has 0 aliphatic heterocycles. The minimum absolute atomic E-state index is 0.555. The van der Waals surface area contributed by atoms with Crippen LogP contribution in [-0.4, -0.2) is 21.5 Å². The molecule has 0 fully saturated rings. The van der Waals surface area contributed by atoms with Crippen LogP contribution in [0.5, 0.6) is 0 Å². The first-order valence-corrected chi connectivity index (χ1v) is 6.83.